The average Bonchev–Trinajstić information content (AvgIpc) is 3.09. The zero-order valence-corrected chi connectivity index (χ0v) is 16.6. The highest BCUT2D eigenvalue weighted by Gasteiger charge is 2.18. The first kappa shape index (κ1) is 18.9. The number of amides is 1. The molecule has 140 valence electrons. The standard InChI is InChI=1S/C21H22N2O3S/c1-5-14-8-6-7-9-16(14)23-20(24)19-13(2)22-21(27-19)15-10-11-17(25-3)18(12-15)26-4/h6-12H,5H2,1-4H3,(H,23,24). The monoisotopic (exact) mass is 382 g/mol. The maximum Gasteiger partial charge on any atom is 0.267 e. The highest BCUT2D eigenvalue weighted by atomic mass is 32.1. The van der Waals surface area contributed by atoms with Crippen molar-refractivity contribution in [3.8, 4) is 22.1 Å². The number of anilines is 1. The Hall–Kier alpha value is -2.86. The molecule has 0 radical (unpaired) electrons. The van der Waals surface area contributed by atoms with E-state index < -0.39 is 0 Å². The van der Waals surface area contributed by atoms with Gasteiger partial charge in [-0.2, -0.15) is 0 Å². The summed E-state index contributed by atoms with van der Waals surface area (Å²) in [5.41, 5.74) is 3.53. The van der Waals surface area contributed by atoms with Crippen LogP contribution in [0.4, 0.5) is 5.69 Å². The first-order valence-electron chi connectivity index (χ1n) is 8.66. The SMILES string of the molecule is CCc1ccccc1NC(=O)c1sc(-c2ccc(OC)c(OC)c2)nc1C. The molecular formula is C21H22N2O3S. The van der Waals surface area contributed by atoms with Crippen molar-refractivity contribution >= 4 is 22.9 Å². The van der Waals surface area contributed by atoms with Gasteiger partial charge in [0.2, 0.25) is 0 Å². The number of benzene rings is 2. The van der Waals surface area contributed by atoms with Crippen LogP contribution in [0.2, 0.25) is 0 Å². The summed E-state index contributed by atoms with van der Waals surface area (Å²) in [6.07, 6.45) is 0.856. The fourth-order valence-electron chi connectivity index (χ4n) is 2.83. The van der Waals surface area contributed by atoms with E-state index in [1.807, 2.05) is 49.4 Å². The van der Waals surface area contributed by atoms with E-state index in [4.69, 9.17) is 9.47 Å². The van der Waals surface area contributed by atoms with E-state index in [9.17, 15) is 4.79 Å². The summed E-state index contributed by atoms with van der Waals surface area (Å²) in [7, 11) is 3.19. The maximum absolute atomic E-state index is 12.8. The lowest BCUT2D eigenvalue weighted by molar-refractivity contribution is 0.102. The molecule has 1 heterocycles. The van der Waals surface area contributed by atoms with Crippen molar-refractivity contribution in [2.75, 3.05) is 19.5 Å². The van der Waals surface area contributed by atoms with E-state index in [0.717, 1.165) is 28.2 Å². The molecule has 3 aromatic rings. The number of rotatable bonds is 6. The smallest absolute Gasteiger partial charge is 0.267 e. The maximum atomic E-state index is 12.8. The Morgan fingerprint density at radius 2 is 1.85 bits per heavy atom. The van der Waals surface area contributed by atoms with Crippen molar-refractivity contribution in [2.24, 2.45) is 0 Å². The van der Waals surface area contributed by atoms with Crippen LogP contribution in [0, 0.1) is 6.92 Å². The van der Waals surface area contributed by atoms with Gasteiger partial charge in [-0.3, -0.25) is 4.79 Å². The third-order valence-corrected chi connectivity index (χ3v) is 5.49. The molecule has 0 fully saturated rings. The third-order valence-electron chi connectivity index (χ3n) is 4.28. The van der Waals surface area contributed by atoms with Gasteiger partial charge >= 0.3 is 0 Å². The lowest BCUT2D eigenvalue weighted by Gasteiger charge is -2.09. The van der Waals surface area contributed by atoms with Crippen molar-refractivity contribution in [2.45, 2.75) is 20.3 Å². The number of hydrogen-bond donors (Lipinski definition) is 1. The van der Waals surface area contributed by atoms with Crippen LogP contribution >= 0.6 is 11.3 Å². The lowest BCUT2D eigenvalue weighted by atomic mass is 10.1. The molecule has 2 aromatic carbocycles. The minimum Gasteiger partial charge on any atom is -0.493 e. The second-order valence-corrected chi connectivity index (χ2v) is 6.97. The molecule has 27 heavy (non-hydrogen) atoms. The van der Waals surface area contributed by atoms with Crippen molar-refractivity contribution in [3.05, 3.63) is 58.6 Å². The van der Waals surface area contributed by atoms with Crippen LogP contribution in [0.3, 0.4) is 0 Å². The second kappa shape index (κ2) is 8.22. The molecule has 0 atom stereocenters. The van der Waals surface area contributed by atoms with Gasteiger partial charge in [0.25, 0.3) is 5.91 Å². The van der Waals surface area contributed by atoms with Gasteiger partial charge in [-0.05, 0) is 43.2 Å². The molecule has 0 aliphatic rings. The summed E-state index contributed by atoms with van der Waals surface area (Å²) in [5.74, 6) is 1.15. The van der Waals surface area contributed by atoms with Gasteiger partial charge in [-0.15, -0.1) is 11.3 Å². The Labute approximate surface area is 163 Å². The molecule has 0 saturated carbocycles. The Morgan fingerprint density at radius 3 is 2.56 bits per heavy atom. The Balaban J connectivity index is 1.89. The number of carbonyl (C=O) groups excluding carboxylic acids is 1. The van der Waals surface area contributed by atoms with E-state index in [1.54, 1.807) is 14.2 Å². The number of nitrogens with zero attached hydrogens (tertiary/aromatic N) is 1. The molecule has 5 nitrogen and oxygen atoms in total. The van der Waals surface area contributed by atoms with Gasteiger partial charge in [-0.1, -0.05) is 25.1 Å². The predicted molar refractivity (Wildman–Crippen MR) is 109 cm³/mol. The largest absolute Gasteiger partial charge is 0.493 e. The zero-order valence-electron chi connectivity index (χ0n) is 15.8. The molecule has 3 rings (SSSR count). The highest BCUT2D eigenvalue weighted by Crippen LogP contribution is 2.35. The normalized spacial score (nSPS) is 10.5. The molecule has 6 heteroatoms. The van der Waals surface area contributed by atoms with Gasteiger partial charge in [0.1, 0.15) is 9.88 Å². The molecule has 1 aromatic heterocycles. The third kappa shape index (κ3) is 3.95. The minimum absolute atomic E-state index is 0.141. The van der Waals surface area contributed by atoms with Crippen LogP contribution in [0.5, 0.6) is 11.5 Å². The fourth-order valence-corrected chi connectivity index (χ4v) is 3.79. The molecule has 0 aliphatic carbocycles. The summed E-state index contributed by atoms with van der Waals surface area (Å²) in [5, 5.41) is 3.78. The van der Waals surface area contributed by atoms with E-state index in [2.05, 4.69) is 17.2 Å². The van der Waals surface area contributed by atoms with Crippen LogP contribution in [0.15, 0.2) is 42.5 Å². The van der Waals surface area contributed by atoms with Crippen LogP contribution in [-0.2, 0) is 6.42 Å². The van der Waals surface area contributed by atoms with E-state index >= 15 is 0 Å². The number of nitrogens with one attached hydrogen (secondary N) is 1. The van der Waals surface area contributed by atoms with Crippen LogP contribution in [0.1, 0.15) is 27.9 Å². The molecule has 0 saturated heterocycles. The fraction of sp³-hybridized carbons (Fsp3) is 0.238. The lowest BCUT2D eigenvalue weighted by Crippen LogP contribution is -2.12. The summed E-state index contributed by atoms with van der Waals surface area (Å²) >= 11 is 1.37. The number of ether oxygens (including phenoxy) is 2. The first-order chi connectivity index (χ1) is 13.1. The molecule has 0 bridgehead atoms. The van der Waals surface area contributed by atoms with Gasteiger partial charge in [-0.25, -0.2) is 4.98 Å². The summed E-state index contributed by atoms with van der Waals surface area (Å²) in [4.78, 5) is 18.0. The second-order valence-electron chi connectivity index (χ2n) is 5.97. The van der Waals surface area contributed by atoms with Gasteiger partial charge < -0.3 is 14.8 Å². The van der Waals surface area contributed by atoms with E-state index in [0.29, 0.717) is 22.1 Å². The van der Waals surface area contributed by atoms with Gasteiger partial charge in [0.15, 0.2) is 11.5 Å². The van der Waals surface area contributed by atoms with Crippen molar-refractivity contribution in [1.29, 1.82) is 0 Å². The van der Waals surface area contributed by atoms with Crippen LogP contribution < -0.4 is 14.8 Å². The number of carbonyl (C=O) groups is 1. The molecule has 0 spiro atoms. The highest BCUT2D eigenvalue weighted by molar-refractivity contribution is 7.17. The number of aromatic nitrogens is 1. The Morgan fingerprint density at radius 1 is 1.11 bits per heavy atom. The van der Waals surface area contributed by atoms with Gasteiger partial charge in [0, 0.05) is 11.3 Å². The number of thiazole rings is 1. The average molecular weight is 382 g/mol. The van der Waals surface area contributed by atoms with Crippen LogP contribution in [0.25, 0.3) is 10.6 Å². The van der Waals surface area contributed by atoms with Crippen LogP contribution in [-0.4, -0.2) is 25.1 Å². The Kier molecular flexibility index (Phi) is 5.76. The topological polar surface area (TPSA) is 60.5 Å². The zero-order chi connectivity index (χ0) is 19.4. The minimum atomic E-state index is -0.141. The molecule has 0 aliphatic heterocycles. The quantitative estimate of drug-likeness (QED) is 0.655. The number of methoxy groups -OCH3 is 2. The molecule has 0 unspecified atom stereocenters. The number of hydrogen-bond acceptors (Lipinski definition) is 5. The van der Waals surface area contributed by atoms with E-state index in [-0.39, 0.29) is 5.91 Å². The number of para-hydroxylation sites is 1. The van der Waals surface area contributed by atoms with E-state index in [1.165, 1.54) is 11.3 Å². The molecule has 1 amide bonds. The summed E-state index contributed by atoms with van der Waals surface area (Å²) < 4.78 is 10.6. The molecular weight excluding hydrogens is 360 g/mol. The van der Waals surface area contributed by atoms with Crippen molar-refractivity contribution in [1.82, 2.24) is 4.98 Å². The summed E-state index contributed by atoms with van der Waals surface area (Å²) in [6.45, 7) is 3.92. The Bertz CT molecular complexity index is 966. The van der Waals surface area contributed by atoms with Gasteiger partial charge in [0.05, 0.1) is 19.9 Å². The summed E-state index contributed by atoms with van der Waals surface area (Å²) in [6, 6.07) is 13.4. The predicted octanol–water partition coefficient (Wildman–Crippen LogP) is 4.95. The molecule has 1 N–H and O–H groups in total. The van der Waals surface area contributed by atoms with Crippen molar-refractivity contribution < 1.29 is 14.3 Å². The first-order valence-corrected chi connectivity index (χ1v) is 9.48. The van der Waals surface area contributed by atoms with Crippen molar-refractivity contribution in [3.63, 3.8) is 0 Å². The number of aryl methyl sites for hydroxylation is 2.